The Hall–Kier alpha value is -1.42. The zero-order chi connectivity index (χ0) is 12.1. The molecule has 1 aromatic carbocycles. The minimum absolute atomic E-state index is 0.831. The molecule has 0 aliphatic heterocycles. The fourth-order valence-electron chi connectivity index (χ4n) is 1.57. The monoisotopic (exact) mass is 292 g/mol. The first kappa shape index (κ1) is 12.0. The van der Waals surface area contributed by atoms with Gasteiger partial charge in [0.25, 0.3) is 0 Å². The van der Waals surface area contributed by atoms with Crippen LogP contribution in [-0.2, 0) is 12.8 Å². The normalized spacial score (nSPS) is 10.2. The van der Waals surface area contributed by atoms with Gasteiger partial charge in [0.1, 0.15) is 16.7 Å². The highest BCUT2D eigenvalue weighted by Crippen LogP contribution is 2.13. The first-order chi connectivity index (χ1) is 8.28. The van der Waals surface area contributed by atoms with Crippen LogP contribution in [0.5, 0.6) is 5.75 Å². The summed E-state index contributed by atoms with van der Waals surface area (Å²) in [7, 11) is 1.67. The molecular weight excluding hydrogens is 280 g/mol. The molecule has 3 nitrogen and oxygen atoms in total. The summed E-state index contributed by atoms with van der Waals surface area (Å²) >= 11 is 3.34. The van der Waals surface area contributed by atoms with Crippen molar-refractivity contribution in [2.24, 2.45) is 0 Å². The third-order valence-electron chi connectivity index (χ3n) is 2.52. The number of rotatable bonds is 4. The second-order valence-electron chi connectivity index (χ2n) is 3.68. The highest BCUT2D eigenvalue weighted by molar-refractivity contribution is 9.10. The lowest BCUT2D eigenvalue weighted by Crippen LogP contribution is -1.95. The fourth-order valence-corrected chi connectivity index (χ4v) is 1.93. The average Bonchev–Trinajstić information content (AvgIpc) is 2.37. The van der Waals surface area contributed by atoms with Gasteiger partial charge in [0.15, 0.2) is 0 Å². The maximum atomic E-state index is 5.12. The molecule has 0 amide bonds. The van der Waals surface area contributed by atoms with Gasteiger partial charge in [0, 0.05) is 5.69 Å². The number of hydrogen-bond acceptors (Lipinski definition) is 3. The predicted octanol–water partition coefficient (Wildman–Crippen LogP) is 3.03. The van der Waals surface area contributed by atoms with E-state index in [-0.39, 0.29) is 0 Å². The Kier molecular flexibility index (Phi) is 4.09. The highest BCUT2D eigenvalue weighted by atomic mass is 79.9. The van der Waals surface area contributed by atoms with Gasteiger partial charge in [-0.1, -0.05) is 12.1 Å². The minimum Gasteiger partial charge on any atom is -0.497 e. The van der Waals surface area contributed by atoms with Crippen molar-refractivity contribution in [1.29, 1.82) is 0 Å². The first-order valence-corrected chi connectivity index (χ1v) is 6.16. The lowest BCUT2D eigenvalue weighted by Gasteiger charge is -2.03. The second kappa shape index (κ2) is 5.77. The number of aromatic nitrogens is 2. The van der Waals surface area contributed by atoms with Crippen molar-refractivity contribution in [3.05, 3.63) is 52.5 Å². The van der Waals surface area contributed by atoms with Crippen molar-refractivity contribution in [2.75, 3.05) is 7.11 Å². The molecule has 0 saturated carbocycles. The Labute approximate surface area is 109 Å². The molecule has 17 heavy (non-hydrogen) atoms. The fraction of sp³-hybridized carbons (Fsp3) is 0.231. The standard InChI is InChI=1S/C13H13BrN2O/c1-17-12-6-3-10(4-7-12)2-5-11-8-13(14)16-9-15-11/h3-4,6-9H,2,5H2,1H3. The van der Waals surface area contributed by atoms with Crippen LogP contribution in [0.1, 0.15) is 11.3 Å². The Morgan fingerprint density at radius 1 is 1.12 bits per heavy atom. The number of aryl methyl sites for hydroxylation is 2. The van der Waals surface area contributed by atoms with E-state index in [0.717, 1.165) is 28.9 Å². The summed E-state index contributed by atoms with van der Waals surface area (Å²) in [5.74, 6) is 0.888. The van der Waals surface area contributed by atoms with Gasteiger partial charge in [-0.3, -0.25) is 0 Å². The molecule has 0 atom stereocenters. The van der Waals surface area contributed by atoms with Crippen LogP contribution in [0, 0.1) is 0 Å². The molecule has 0 aliphatic carbocycles. The number of hydrogen-bond donors (Lipinski definition) is 0. The summed E-state index contributed by atoms with van der Waals surface area (Å²) in [6.45, 7) is 0. The molecule has 0 spiro atoms. The van der Waals surface area contributed by atoms with Gasteiger partial charge in [-0.05, 0) is 52.5 Å². The number of benzene rings is 1. The number of ether oxygens (including phenoxy) is 1. The van der Waals surface area contributed by atoms with Crippen LogP contribution in [0.3, 0.4) is 0 Å². The number of halogens is 1. The molecule has 0 bridgehead atoms. The van der Waals surface area contributed by atoms with E-state index < -0.39 is 0 Å². The van der Waals surface area contributed by atoms with Crippen LogP contribution in [-0.4, -0.2) is 17.1 Å². The van der Waals surface area contributed by atoms with E-state index in [0.29, 0.717) is 0 Å². The zero-order valence-electron chi connectivity index (χ0n) is 9.56. The molecule has 2 rings (SSSR count). The molecule has 0 fully saturated rings. The van der Waals surface area contributed by atoms with Crippen LogP contribution in [0.15, 0.2) is 41.3 Å². The van der Waals surface area contributed by atoms with Gasteiger partial charge in [-0.15, -0.1) is 0 Å². The average molecular weight is 293 g/mol. The summed E-state index contributed by atoms with van der Waals surface area (Å²) < 4.78 is 5.95. The molecule has 0 N–H and O–H groups in total. The van der Waals surface area contributed by atoms with Crippen molar-refractivity contribution in [2.45, 2.75) is 12.8 Å². The van der Waals surface area contributed by atoms with E-state index in [1.807, 2.05) is 18.2 Å². The second-order valence-corrected chi connectivity index (χ2v) is 4.49. The Balaban J connectivity index is 1.97. The summed E-state index contributed by atoms with van der Waals surface area (Å²) in [6.07, 6.45) is 3.45. The smallest absolute Gasteiger partial charge is 0.118 e. The Morgan fingerprint density at radius 3 is 2.53 bits per heavy atom. The summed E-state index contributed by atoms with van der Waals surface area (Å²) in [6, 6.07) is 10.1. The van der Waals surface area contributed by atoms with Crippen molar-refractivity contribution in [3.63, 3.8) is 0 Å². The van der Waals surface area contributed by atoms with E-state index in [1.165, 1.54) is 5.56 Å². The maximum Gasteiger partial charge on any atom is 0.118 e. The van der Waals surface area contributed by atoms with E-state index >= 15 is 0 Å². The van der Waals surface area contributed by atoms with Gasteiger partial charge in [-0.2, -0.15) is 0 Å². The molecule has 0 radical (unpaired) electrons. The van der Waals surface area contributed by atoms with E-state index in [4.69, 9.17) is 4.74 Å². The summed E-state index contributed by atoms with van der Waals surface area (Å²) in [5, 5.41) is 0. The van der Waals surface area contributed by atoms with Crippen molar-refractivity contribution >= 4 is 15.9 Å². The molecule has 1 heterocycles. The third kappa shape index (κ3) is 3.53. The van der Waals surface area contributed by atoms with Gasteiger partial charge < -0.3 is 4.74 Å². The van der Waals surface area contributed by atoms with E-state index in [1.54, 1.807) is 13.4 Å². The largest absolute Gasteiger partial charge is 0.497 e. The maximum absolute atomic E-state index is 5.12. The topological polar surface area (TPSA) is 35.0 Å². The third-order valence-corrected chi connectivity index (χ3v) is 2.95. The van der Waals surface area contributed by atoms with Gasteiger partial charge in [0.2, 0.25) is 0 Å². The first-order valence-electron chi connectivity index (χ1n) is 5.37. The molecule has 0 unspecified atom stereocenters. The molecular formula is C13H13BrN2O. The Morgan fingerprint density at radius 2 is 1.88 bits per heavy atom. The van der Waals surface area contributed by atoms with Crippen LogP contribution in [0.4, 0.5) is 0 Å². The molecule has 4 heteroatoms. The number of methoxy groups -OCH3 is 1. The van der Waals surface area contributed by atoms with Gasteiger partial charge in [-0.25, -0.2) is 9.97 Å². The molecule has 1 aromatic heterocycles. The molecule has 2 aromatic rings. The van der Waals surface area contributed by atoms with E-state index in [2.05, 4.69) is 38.0 Å². The van der Waals surface area contributed by atoms with Gasteiger partial charge >= 0.3 is 0 Å². The molecule has 88 valence electrons. The predicted molar refractivity (Wildman–Crippen MR) is 70.1 cm³/mol. The van der Waals surface area contributed by atoms with Crippen LogP contribution in [0.25, 0.3) is 0 Å². The van der Waals surface area contributed by atoms with Crippen LogP contribution >= 0.6 is 15.9 Å². The van der Waals surface area contributed by atoms with Crippen molar-refractivity contribution in [1.82, 2.24) is 9.97 Å². The lowest BCUT2D eigenvalue weighted by atomic mass is 10.1. The Bertz CT molecular complexity index is 485. The molecule has 0 saturated heterocycles. The lowest BCUT2D eigenvalue weighted by molar-refractivity contribution is 0.414. The van der Waals surface area contributed by atoms with Crippen LogP contribution in [0.2, 0.25) is 0 Å². The van der Waals surface area contributed by atoms with E-state index in [9.17, 15) is 0 Å². The van der Waals surface area contributed by atoms with Gasteiger partial charge in [0.05, 0.1) is 7.11 Å². The quantitative estimate of drug-likeness (QED) is 0.813. The minimum atomic E-state index is 0.831. The zero-order valence-corrected chi connectivity index (χ0v) is 11.1. The highest BCUT2D eigenvalue weighted by Gasteiger charge is 1.99. The van der Waals surface area contributed by atoms with Crippen LogP contribution < -0.4 is 4.74 Å². The summed E-state index contributed by atoms with van der Waals surface area (Å²) in [4.78, 5) is 8.23. The molecule has 0 aliphatic rings. The van der Waals surface area contributed by atoms with Crippen molar-refractivity contribution < 1.29 is 4.74 Å². The SMILES string of the molecule is COc1ccc(CCc2cc(Br)ncn2)cc1. The van der Waals surface area contributed by atoms with Crippen molar-refractivity contribution in [3.8, 4) is 5.75 Å². The number of nitrogens with zero attached hydrogens (tertiary/aromatic N) is 2. The summed E-state index contributed by atoms with van der Waals surface area (Å²) in [5.41, 5.74) is 2.32.